The fraction of sp³-hybridized carbons (Fsp3) is 0.600. The molecule has 2 rings (SSSR count). The van der Waals surface area contributed by atoms with Crippen LogP contribution in [0.15, 0.2) is 24.3 Å². The molecule has 0 saturated carbocycles. The summed E-state index contributed by atoms with van der Waals surface area (Å²) in [4.78, 5) is 2.38. The minimum Gasteiger partial charge on any atom is -0.394 e. The number of aryl methyl sites for hydroxylation is 1. The minimum absolute atomic E-state index is 0.183. The van der Waals surface area contributed by atoms with E-state index in [0.29, 0.717) is 5.92 Å². The quantitative estimate of drug-likeness (QED) is 0.854. The summed E-state index contributed by atoms with van der Waals surface area (Å²) in [6.45, 7) is 7.55. The summed E-state index contributed by atoms with van der Waals surface area (Å²) < 4.78 is 0. The van der Waals surface area contributed by atoms with Gasteiger partial charge < -0.3 is 15.3 Å². The van der Waals surface area contributed by atoms with Crippen molar-refractivity contribution in [3.63, 3.8) is 0 Å². The van der Waals surface area contributed by atoms with Crippen LogP contribution in [-0.2, 0) is 6.42 Å². The highest BCUT2D eigenvalue weighted by molar-refractivity contribution is 5.54. The zero-order valence-corrected chi connectivity index (χ0v) is 11.4. The van der Waals surface area contributed by atoms with Crippen LogP contribution >= 0.6 is 0 Å². The van der Waals surface area contributed by atoms with Gasteiger partial charge >= 0.3 is 0 Å². The predicted octanol–water partition coefficient (Wildman–Crippen LogP) is 1.66. The second kappa shape index (κ2) is 6.21. The van der Waals surface area contributed by atoms with Crippen molar-refractivity contribution in [1.82, 2.24) is 5.32 Å². The molecule has 2 atom stereocenters. The first kappa shape index (κ1) is 13.4. The van der Waals surface area contributed by atoms with E-state index >= 15 is 0 Å². The first-order valence-corrected chi connectivity index (χ1v) is 6.92. The lowest BCUT2D eigenvalue weighted by molar-refractivity contribution is 0.259. The highest BCUT2D eigenvalue weighted by atomic mass is 16.3. The number of nitrogens with zero attached hydrogens (tertiary/aromatic N) is 1. The maximum atomic E-state index is 9.62. The minimum atomic E-state index is 0.183. The van der Waals surface area contributed by atoms with Gasteiger partial charge in [0.1, 0.15) is 0 Å². The number of aliphatic hydroxyl groups is 1. The topological polar surface area (TPSA) is 35.5 Å². The van der Waals surface area contributed by atoms with Crippen molar-refractivity contribution in [1.29, 1.82) is 0 Å². The van der Waals surface area contributed by atoms with E-state index in [-0.39, 0.29) is 12.6 Å². The molecule has 2 unspecified atom stereocenters. The van der Waals surface area contributed by atoms with Crippen molar-refractivity contribution in [3.05, 3.63) is 29.8 Å². The van der Waals surface area contributed by atoms with Gasteiger partial charge in [-0.2, -0.15) is 0 Å². The standard InChI is InChI=1S/C15H24N2O/c1-3-13-6-4-5-7-15(13)17-10-12(2)8-16-9-14(17)11-18/h4-7,12,14,16,18H,3,8-11H2,1-2H3. The number of rotatable bonds is 3. The van der Waals surface area contributed by atoms with E-state index < -0.39 is 0 Å². The lowest BCUT2D eigenvalue weighted by Crippen LogP contribution is -2.43. The van der Waals surface area contributed by atoms with E-state index in [9.17, 15) is 5.11 Å². The van der Waals surface area contributed by atoms with Gasteiger partial charge in [0.05, 0.1) is 12.6 Å². The molecule has 0 radical (unpaired) electrons. The third-order valence-electron chi connectivity index (χ3n) is 3.71. The van der Waals surface area contributed by atoms with Gasteiger partial charge in [0, 0.05) is 18.8 Å². The van der Waals surface area contributed by atoms with Gasteiger partial charge in [-0.25, -0.2) is 0 Å². The van der Waals surface area contributed by atoms with Crippen molar-refractivity contribution in [2.24, 2.45) is 5.92 Å². The molecule has 3 heteroatoms. The van der Waals surface area contributed by atoms with Crippen molar-refractivity contribution in [3.8, 4) is 0 Å². The number of benzene rings is 1. The van der Waals surface area contributed by atoms with Crippen LogP contribution in [0.5, 0.6) is 0 Å². The Bertz CT molecular complexity index is 381. The van der Waals surface area contributed by atoms with Gasteiger partial charge in [0.15, 0.2) is 0 Å². The number of anilines is 1. The van der Waals surface area contributed by atoms with Gasteiger partial charge in [-0.05, 0) is 30.5 Å². The van der Waals surface area contributed by atoms with Gasteiger partial charge in [0.2, 0.25) is 0 Å². The Morgan fingerprint density at radius 3 is 2.83 bits per heavy atom. The lowest BCUT2D eigenvalue weighted by atomic mass is 10.1. The molecule has 1 saturated heterocycles. The average molecular weight is 248 g/mol. The Hall–Kier alpha value is -1.06. The van der Waals surface area contributed by atoms with Crippen molar-refractivity contribution < 1.29 is 5.11 Å². The predicted molar refractivity (Wildman–Crippen MR) is 76.1 cm³/mol. The normalized spacial score (nSPS) is 24.9. The zero-order chi connectivity index (χ0) is 13.0. The molecule has 0 aliphatic carbocycles. The van der Waals surface area contributed by atoms with Gasteiger partial charge in [0.25, 0.3) is 0 Å². The molecule has 0 spiro atoms. The first-order chi connectivity index (χ1) is 8.76. The molecule has 0 amide bonds. The highest BCUT2D eigenvalue weighted by Gasteiger charge is 2.24. The number of hydrogen-bond acceptors (Lipinski definition) is 3. The molecule has 1 fully saturated rings. The van der Waals surface area contributed by atoms with Crippen LogP contribution in [0.2, 0.25) is 0 Å². The van der Waals surface area contributed by atoms with Crippen LogP contribution in [0, 0.1) is 5.92 Å². The second-order valence-corrected chi connectivity index (χ2v) is 5.23. The summed E-state index contributed by atoms with van der Waals surface area (Å²) in [6, 6.07) is 8.73. The molecule has 18 heavy (non-hydrogen) atoms. The summed E-state index contributed by atoms with van der Waals surface area (Å²) >= 11 is 0. The van der Waals surface area contributed by atoms with Gasteiger partial charge in [-0.3, -0.25) is 0 Å². The zero-order valence-electron chi connectivity index (χ0n) is 11.4. The Morgan fingerprint density at radius 1 is 1.33 bits per heavy atom. The molecule has 1 heterocycles. The third-order valence-corrected chi connectivity index (χ3v) is 3.71. The Labute approximate surface area is 110 Å². The monoisotopic (exact) mass is 248 g/mol. The van der Waals surface area contributed by atoms with E-state index in [1.807, 2.05) is 0 Å². The fourth-order valence-electron chi connectivity index (χ4n) is 2.70. The first-order valence-electron chi connectivity index (χ1n) is 6.92. The maximum Gasteiger partial charge on any atom is 0.0647 e. The molecule has 0 bridgehead atoms. The van der Waals surface area contributed by atoms with Gasteiger partial charge in [-0.1, -0.05) is 32.0 Å². The van der Waals surface area contributed by atoms with E-state index in [4.69, 9.17) is 0 Å². The largest absolute Gasteiger partial charge is 0.394 e. The molecule has 0 aromatic heterocycles. The smallest absolute Gasteiger partial charge is 0.0647 e. The van der Waals surface area contributed by atoms with Crippen molar-refractivity contribution in [2.45, 2.75) is 26.3 Å². The van der Waals surface area contributed by atoms with Crippen LogP contribution in [-0.4, -0.2) is 37.4 Å². The van der Waals surface area contributed by atoms with Crippen LogP contribution < -0.4 is 10.2 Å². The average Bonchev–Trinajstić information content (AvgIpc) is 2.60. The number of aliphatic hydroxyl groups excluding tert-OH is 1. The molecule has 3 nitrogen and oxygen atoms in total. The molecule has 1 aromatic rings. The molecule has 1 aliphatic heterocycles. The van der Waals surface area contributed by atoms with E-state index in [1.165, 1.54) is 11.3 Å². The number of para-hydroxylation sites is 1. The number of nitrogens with one attached hydrogen (secondary N) is 1. The van der Waals surface area contributed by atoms with Crippen LogP contribution in [0.25, 0.3) is 0 Å². The Balaban J connectivity index is 2.31. The molecule has 1 aliphatic rings. The lowest BCUT2D eigenvalue weighted by Gasteiger charge is -2.33. The SMILES string of the molecule is CCc1ccccc1N1CC(C)CNCC1CO. The highest BCUT2D eigenvalue weighted by Crippen LogP contribution is 2.25. The second-order valence-electron chi connectivity index (χ2n) is 5.23. The summed E-state index contributed by atoms with van der Waals surface area (Å²) in [7, 11) is 0. The Morgan fingerprint density at radius 2 is 2.11 bits per heavy atom. The summed E-state index contributed by atoms with van der Waals surface area (Å²) in [6.07, 6.45) is 1.03. The number of hydrogen-bond donors (Lipinski definition) is 2. The summed E-state index contributed by atoms with van der Waals surface area (Å²) in [5.41, 5.74) is 2.65. The summed E-state index contributed by atoms with van der Waals surface area (Å²) in [5.74, 6) is 0.603. The van der Waals surface area contributed by atoms with E-state index in [1.54, 1.807) is 0 Å². The van der Waals surface area contributed by atoms with Crippen LogP contribution in [0.3, 0.4) is 0 Å². The van der Waals surface area contributed by atoms with E-state index in [0.717, 1.165) is 26.1 Å². The molecule has 2 N–H and O–H groups in total. The molecular weight excluding hydrogens is 224 g/mol. The fourth-order valence-corrected chi connectivity index (χ4v) is 2.70. The third kappa shape index (κ3) is 2.85. The molecular formula is C15H24N2O. The maximum absolute atomic E-state index is 9.62. The van der Waals surface area contributed by atoms with Gasteiger partial charge in [-0.15, -0.1) is 0 Å². The van der Waals surface area contributed by atoms with E-state index in [2.05, 4.69) is 48.3 Å². The summed E-state index contributed by atoms with van der Waals surface area (Å²) in [5, 5.41) is 13.0. The van der Waals surface area contributed by atoms with Crippen molar-refractivity contribution in [2.75, 3.05) is 31.1 Å². The van der Waals surface area contributed by atoms with Crippen LogP contribution in [0.4, 0.5) is 5.69 Å². The molecule has 1 aromatic carbocycles. The molecule has 100 valence electrons. The van der Waals surface area contributed by atoms with Crippen LogP contribution in [0.1, 0.15) is 19.4 Å². The van der Waals surface area contributed by atoms with Crippen molar-refractivity contribution >= 4 is 5.69 Å². The Kier molecular flexibility index (Phi) is 4.61.